The number of amides is 3. The minimum atomic E-state index is -0.391. The lowest BCUT2D eigenvalue weighted by molar-refractivity contribution is 0.0951. The average Bonchev–Trinajstić information content (AvgIpc) is 3.35. The molecule has 1 saturated heterocycles. The molecule has 0 aromatic heterocycles. The van der Waals surface area contributed by atoms with Crippen molar-refractivity contribution >= 4 is 40.6 Å². The van der Waals surface area contributed by atoms with E-state index in [2.05, 4.69) is 20.9 Å². The Balaban J connectivity index is 1.50. The lowest BCUT2D eigenvalue weighted by Gasteiger charge is -2.22. The number of halogens is 1. The van der Waals surface area contributed by atoms with Gasteiger partial charge in [0.25, 0.3) is 5.91 Å². The third-order valence-electron chi connectivity index (χ3n) is 5.96. The van der Waals surface area contributed by atoms with E-state index in [1.54, 1.807) is 24.3 Å². The normalized spacial score (nSPS) is 13.0. The van der Waals surface area contributed by atoms with Gasteiger partial charge in [-0.3, -0.25) is 4.79 Å². The Hall–Kier alpha value is -3.51. The number of anilines is 3. The van der Waals surface area contributed by atoms with Gasteiger partial charge in [0.15, 0.2) is 0 Å². The molecule has 0 spiro atoms. The molecule has 3 aromatic rings. The van der Waals surface area contributed by atoms with E-state index in [0.29, 0.717) is 28.5 Å². The standard InChI is InChI=1S/C27H29ClN4O2/c1-18-5-8-20(9-6-18)17-29-26(33)21-10-12-25(32-13-3-4-14-32)24(15-21)31-27(34)30-22-11-7-19(2)23(28)16-22/h5-12,15-16H,3-4,13-14,17H2,1-2H3,(H,29,33)(H2,30,31,34). The van der Waals surface area contributed by atoms with E-state index < -0.39 is 6.03 Å². The minimum absolute atomic E-state index is 0.192. The molecule has 0 aliphatic carbocycles. The van der Waals surface area contributed by atoms with Gasteiger partial charge in [0.1, 0.15) is 0 Å². The number of aryl methyl sites for hydroxylation is 2. The van der Waals surface area contributed by atoms with Gasteiger partial charge in [0.05, 0.1) is 11.4 Å². The number of hydrogen-bond donors (Lipinski definition) is 3. The SMILES string of the molecule is Cc1ccc(CNC(=O)c2ccc(N3CCCC3)c(NC(=O)Nc3ccc(C)c(Cl)c3)c2)cc1. The van der Waals surface area contributed by atoms with Crippen molar-refractivity contribution in [2.75, 3.05) is 28.6 Å². The van der Waals surface area contributed by atoms with Crippen LogP contribution in [0.3, 0.4) is 0 Å². The molecule has 34 heavy (non-hydrogen) atoms. The molecular formula is C27H29ClN4O2. The molecule has 0 unspecified atom stereocenters. The zero-order valence-electron chi connectivity index (χ0n) is 19.5. The monoisotopic (exact) mass is 476 g/mol. The number of urea groups is 1. The average molecular weight is 477 g/mol. The van der Waals surface area contributed by atoms with E-state index in [1.807, 2.05) is 50.2 Å². The molecule has 6 nitrogen and oxygen atoms in total. The summed E-state index contributed by atoms with van der Waals surface area (Å²) in [7, 11) is 0. The third-order valence-corrected chi connectivity index (χ3v) is 6.36. The Kier molecular flexibility index (Phi) is 7.38. The number of nitrogens with one attached hydrogen (secondary N) is 3. The zero-order valence-corrected chi connectivity index (χ0v) is 20.2. The maximum Gasteiger partial charge on any atom is 0.323 e. The fourth-order valence-corrected chi connectivity index (χ4v) is 4.14. The number of benzene rings is 3. The summed E-state index contributed by atoms with van der Waals surface area (Å²) >= 11 is 6.18. The molecule has 3 N–H and O–H groups in total. The van der Waals surface area contributed by atoms with Crippen molar-refractivity contribution in [1.82, 2.24) is 5.32 Å². The molecule has 0 saturated carbocycles. The van der Waals surface area contributed by atoms with Crippen LogP contribution in [0.2, 0.25) is 5.02 Å². The molecule has 3 aromatic carbocycles. The van der Waals surface area contributed by atoms with E-state index >= 15 is 0 Å². The summed E-state index contributed by atoms with van der Waals surface area (Å²) in [4.78, 5) is 27.9. The lowest BCUT2D eigenvalue weighted by atomic mass is 10.1. The third kappa shape index (κ3) is 5.88. The second-order valence-electron chi connectivity index (χ2n) is 8.64. The van der Waals surface area contributed by atoms with E-state index in [1.165, 1.54) is 5.56 Å². The predicted octanol–water partition coefficient (Wildman–Crippen LogP) is 6.13. The van der Waals surface area contributed by atoms with E-state index in [4.69, 9.17) is 11.6 Å². The zero-order chi connectivity index (χ0) is 24.1. The summed E-state index contributed by atoms with van der Waals surface area (Å²) in [5, 5.41) is 9.30. The highest BCUT2D eigenvalue weighted by molar-refractivity contribution is 6.31. The summed E-state index contributed by atoms with van der Waals surface area (Å²) in [6.45, 7) is 6.21. The van der Waals surface area contributed by atoms with Crippen LogP contribution in [0.25, 0.3) is 0 Å². The van der Waals surface area contributed by atoms with Crippen LogP contribution in [0, 0.1) is 13.8 Å². The molecular weight excluding hydrogens is 448 g/mol. The van der Waals surface area contributed by atoms with Crippen LogP contribution in [0.1, 0.15) is 39.9 Å². The molecule has 7 heteroatoms. The van der Waals surface area contributed by atoms with Gasteiger partial charge in [-0.25, -0.2) is 4.79 Å². The first-order valence-corrected chi connectivity index (χ1v) is 11.8. The Morgan fingerprint density at radius 3 is 2.35 bits per heavy atom. The largest absolute Gasteiger partial charge is 0.370 e. The first-order chi connectivity index (χ1) is 16.4. The Labute approximate surface area is 205 Å². The smallest absolute Gasteiger partial charge is 0.323 e. The van der Waals surface area contributed by atoms with Crippen molar-refractivity contribution in [2.24, 2.45) is 0 Å². The molecule has 1 heterocycles. The molecule has 0 radical (unpaired) electrons. The van der Waals surface area contributed by atoms with Crippen LogP contribution >= 0.6 is 11.6 Å². The number of carbonyl (C=O) groups is 2. The van der Waals surface area contributed by atoms with Gasteiger partial charge in [-0.2, -0.15) is 0 Å². The van der Waals surface area contributed by atoms with Crippen molar-refractivity contribution in [1.29, 1.82) is 0 Å². The fraction of sp³-hybridized carbons (Fsp3) is 0.259. The Bertz CT molecular complexity index is 1190. The lowest BCUT2D eigenvalue weighted by Crippen LogP contribution is -2.26. The molecule has 176 valence electrons. The van der Waals surface area contributed by atoms with Crippen LogP contribution < -0.4 is 20.9 Å². The van der Waals surface area contributed by atoms with Crippen molar-refractivity contribution in [2.45, 2.75) is 33.2 Å². The van der Waals surface area contributed by atoms with E-state index in [9.17, 15) is 9.59 Å². The van der Waals surface area contributed by atoms with Crippen molar-refractivity contribution in [3.8, 4) is 0 Å². The highest BCUT2D eigenvalue weighted by Crippen LogP contribution is 2.30. The van der Waals surface area contributed by atoms with E-state index in [0.717, 1.165) is 42.7 Å². The highest BCUT2D eigenvalue weighted by Gasteiger charge is 2.19. The fourth-order valence-electron chi connectivity index (χ4n) is 3.96. The maximum absolute atomic E-state index is 12.8. The van der Waals surface area contributed by atoms with E-state index in [-0.39, 0.29) is 5.91 Å². The topological polar surface area (TPSA) is 73.5 Å². The molecule has 3 amide bonds. The number of carbonyl (C=O) groups excluding carboxylic acids is 2. The molecule has 1 fully saturated rings. The first kappa shape index (κ1) is 23.6. The molecule has 4 rings (SSSR count). The van der Waals surface area contributed by atoms with Gasteiger partial charge in [-0.05, 0) is 68.1 Å². The van der Waals surface area contributed by atoms with Crippen LogP contribution in [0.5, 0.6) is 0 Å². The van der Waals surface area contributed by atoms with Gasteiger partial charge in [-0.15, -0.1) is 0 Å². The van der Waals surface area contributed by atoms with Crippen LogP contribution in [0.15, 0.2) is 60.7 Å². The summed E-state index contributed by atoms with van der Waals surface area (Å²) in [6, 6.07) is 18.5. The predicted molar refractivity (Wildman–Crippen MR) is 139 cm³/mol. The van der Waals surface area contributed by atoms with Gasteiger partial charge < -0.3 is 20.9 Å². The van der Waals surface area contributed by atoms with Crippen LogP contribution in [-0.4, -0.2) is 25.0 Å². The second-order valence-corrected chi connectivity index (χ2v) is 9.04. The highest BCUT2D eigenvalue weighted by atomic mass is 35.5. The quantitative estimate of drug-likeness (QED) is 0.400. The summed E-state index contributed by atoms with van der Waals surface area (Å²) in [5.74, 6) is -0.192. The van der Waals surface area contributed by atoms with Gasteiger partial charge in [0, 0.05) is 35.9 Å². The van der Waals surface area contributed by atoms with Crippen molar-refractivity contribution < 1.29 is 9.59 Å². The number of nitrogens with zero attached hydrogens (tertiary/aromatic N) is 1. The number of rotatable bonds is 6. The molecule has 0 bridgehead atoms. The van der Waals surface area contributed by atoms with Crippen LogP contribution in [0.4, 0.5) is 21.9 Å². The maximum atomic E-state index is 12.8. The Morgan fingerprint density at radius 1 is 0.912 bits per heavy atom. The number of hydrogen-bond acceptors (Lipinski definition) is 3. The summed E-state index contributed by atoms with van der Waals surface area (Å²) < 4.78 is 0. The van der Waals surface area contributed by atoms with Crippen LogP contribution in [-0.2, 0) is 6.54 Å². The van der Waals surface area contributed by atoms with Crippen molar-refractivity contribution in [3.63, 3.8) is 0 Å². The van der Waals surface area contributed by atoms with Gasteiger partial charge >= 0.3 is 6.03 Å². The Morgan fingerprint density at radius 2 is 1.65 bits per heavy atom. The van der Waals surface area contributed by atoms with Crippen molar-refractivity contribution in [3.05, 3.63) is 87.9 Å². The molecule has 1 aliphatic rings. The van der Waals surface area contributed by atoms with Gasteiger partial charge in [-0.1, -0.05) is 47.5 Å². The second kappa shape index (κ2) is 10.6. The molecule has 0 atom stereocenters. The minimum Gasteiger partial charge on any atom is -0.370 e. The summed E-state index contributed by atoms with van der Waals surface area (Å²) in [6.07, 6.45) is 2.21. The molecule has 1 aliphatic heterocycles. The van der Waals surface area contributed by atoms with Gasteiger partial charge in [0.2, 0.25) is 0 Å². The summed E-state index contributed by atoms with van der Waals surface area (Å²) in [5.41, 5.74) is 5.74. The first-order valence-electron chi connectivity index (χ1n) is 11.5.